The van der Waals surface area contributed by atoms with Crippen molar-refractivity contribution in [3.8, 4) is 0 Å². The number of carbonyl (C=O) groups excluding carboxylic acids is 1. The second-order valence-corrected chi connectivity index (χ2v) is 5.22. The van der Waals surface area contributed by atoms with Crippen LogP contribution >= 0.6 is 27.5 Å². The van der Waals surface area contributed by atoms with Crippen LogP contribution in [0.25, 0.3) is 0 Å². The zero-order valence-corrected chi connectivity index (χ0v) is 11.9. The maximum Gasteiger partial charge on any atom is 0.168 e. The highest BCUT2D eigenvalue weighted by molar-refractivity contribution is 9.10. The minimum atomic E-state index is -0.730. The van der Waals surface area contributed by atoms with Crippen molar-refractivity contribution in [1.82, 2.24) is 0 Å². The summed E-state index contributed by atoms with van der Waals surface area (Å²) in [5.41, 5.74) is 0.0644. The van der Waals surface area contributed by atoms with Gasteiger partial charge in [0.2, 0.25) is 0 Å². The number of halogens is 4. The van der Waals surface area contributed by atoms with Crippen LogP contribution in [0, 0.1) is 11.6 Å². The summed E-state index contributed by atoms with van der Waals surface area (Å²) in [7, 11) is 0. The number of hydrogen-bond donors (Lipinski definition) is 0. The van der Waals surface area contributed by atoms with Crippen molar-refractivity contribution < 1.29 is 13.6 Å². The lowest BCUT2D eigenvalue weighted by atomic mass is 10.0. The molecular formula is C14H8BrClF2O. The Balaban J connectivity index is 2.34. The fourth-order valence-corrected chi connectivity index (χ4v) is 2.31. The molecule has 0 bridgehead atoms. The third-order valence-corrected chi connectivity index (χ3v) is 3.55. The Bertz CT molecular complexity index is 623. The molecule has 0 aliphatic heterocycles. The highest BCUT2D eigenvalue weighted by Gasteiger charge is 2.16. The van der Waals surface area contributed by atoms with Crippen molar-refractivity contribution in [1.29, 1.82) is 0 Å². The molecule has 2 rings (SSSR count). The van der Waals surface area contributed by atoms with Gasteiger partial charge in [0, 0.05) is 27.0 Å². The van der Waals surface area contributed by atoms with Gasteiger partial charge in [-0.25, -0.2) is 8.78 Å². The Kier molecular flexibility index (Phi) is 4.32. The number of carbonyl (C=O) groups is 1. The summed E-state index contributed by atoms with van der Waals surface area (Å²) < 4.78 is 27.5. The molecule has 1 nitrogen and oxygen atoms in total. The van der Waals surface area contributed by atoms with Crippen molar-refractivity contribution in [2.75, 3.05) is 0 Å². The van der Waals surface area contributed by atoms with Crippen molar-refractivity contribution in [3.05, 3.63) is 68.7 Å². The fourth-order valence-electron chi connectivity index (χ4n) is 1.67. The summed E-state index contributed by atoms with van der Waals surface area (Å²) in [5.74, 6) is -1.86. The summed E-state index contributed by atoms with van der Waals surface area (Å²) in [4.78, 5) is 12.1. The smallest absolute Gasteiger partial charge is 0.168 e. The molecule has 0 aromatic heterocycles. The lowest BCUT2D eigenvalue weighted by Crippen LogP contribution is -2.08. The van der Waals surface area contributed by atoms with Crippen LogP contribution in [0.4, 0.5) is 8.78 Å². The van der Waals surface area contributed by atoms with Crippen LogP contribution in [0.5, 0.6) is 0 Å². The first kappa shape index (κ1) is 14.2. The minimum Gasteiger partial charge on any atom is -0.294 e. The molecule has 0 atom stereocenters. The van der Waals surface area contributed by atoms with Crippen molar-refractivity contribution in [2.45, 2.75) is 6.42 Å². The maximum atomic E-state index is 13.5. The van der Waals surface area contributed by atoms with Crippen LogP contribution in [-0.4, -0.2) is 5.78 Å². The number of benzene rings is 2. The van der Waals surface area contributed by atoms with E-state index in [9.17, 15) is 13.6 Å². The topological polar surface area (TPSA) is 17.1 Å². The van der Waals surface area contributed by atoms with Gasteiger partial charge < -0.3 is 0 Å². The van der Waals surface area contributed by atoms with Crippen molar-refractivity contribution in [3.63, 3.8) is 0 Å². The van der Waals surface area contributed by atoms with E-state index in [-0.39, 0.29) is 12.0 Å². The van der Waals surface area contributed by atoms with Gasteiger partial charge in [-0.1, -0.05) is 33.6 Å². The van der Waals surface area contributed by atoms with Gasteiger partial charge in [0.25, 0.3) is 0 Å². The lowest BCUT2D eigenvalue weighted by Gasteiger charge is -2.06. The predicted octanol–water partition coefficient (Wildman–Crippen LogP) is 4.81. The molecule has 0 amide bonds. The van der Waals surface area contributed by atoms with Gasteiger partial charge in [-0.05, 0) is 30.3 Å². The van der Waals surface area contributed by atoms with Crippen LogP contribution in [0.15, 0.2) is 40.9 Å². The first-order valence-corrected chi connectivity index (χ1v) is 6.57. The molecule has 0 unspecified atom stereocenters. The van der Waals surface area contributed by atoms with Gasteiger partial charge in [0.05, 0.1) is 0 Å². The second kappa shape index (κ2) is 5.80. The van der Waals surface area contributed by atoms with Crippen molar-refractivity contribution in [2.24, 2.45) is 0 Å². The quantitative estimate of drug-likeness (QED) is 0.730. The maximum absolute atomic E-state index is 13.5. The highest BCUT2D eigenvalue weighted by Crippen LogP contribution is 2.23. The third kappa shape index (κ3) is 3.19. The zero-order valence-electron chi connectivity index (χ0n) is 9.59. The fraction of sp³-hybridized carbons (Fsp3) is 0.0714. The Morgan fingerprint density at radius 1 is 1.16 bits per heavy atom. The first-order valence-electron chi connectivity index (χ1n) is 5.40. The molecule has 0 heterocycles. The molecule has 2 aromatic rings. The average molecular weight is 346 g/mol. The van der Waals surface area contributed by atoms with Crippen LogP contribution in [0.3, 0.4) is 0 Å². The first-order chi connectivity index (χ1) is 8.99. The standard InChI is InChI=1S/C14H8BrClF2O/c15-11-5-4-8(16)6-9(11)14(19)7-10-12(17)2-1-3-13(10)18/h1-6H,7H2. The van der Waals surface area contributed by atoms with Gasteiger partial charge in [-0.15, -0.1) is 0 Å². The number of hydrogen-bond acceptors (Lipinski definition) is 1. The molecule has 5 heteroatoms. The SMILES string of the molecule is O=C(Cc1c(F)cccc1F)c1cc(Cl)ccc1Br. The molecule has 19 heavy (non-hydrogen) atoms. The van der Waals surface area contributed by atoms with E-state index in [1.54, 1.807) is 12.1 Å². The molecular weight excluding hydrogens is 338 g/mol. The van der Waals surface area contributed by atoms with E-state index in [4.69, 9.17) is 11.6 Å². The Morgan fingerprint density at radius 3 is 2.42 bits per heavy atom. The average Bonchev–Trinajstić information content (AvgIpc) is 2.37. The van der Waals surface area contributed by atoms with E-state index in [0.29, 0.717) is 15.1 Å². The molecule has 0 aliphatic rings. The summed E-state index contributed by atoms with van der Waals surface area (Å²) in [6, 6.07) is 8.21. The molecule has 0 N–H and O–H groups in total. The number of ketones is 1. The predicted molar refractivity (Wildman–Crippen MR) is 73.5 cm³/mol. The van der Waals surface area contributed by atoms with E-state index < -0.39 is 17.4 Å². The Hall–Kier alpha value is -1.26. The minimum absolute atomic E-state index is 0.237. The van der Waals surface area contributed by atoms with E-state index >= 15 is 0 Å². The molecule has 0 radical (unpaired) electrons. The molecule has 0 saturated heterocycles. The van der Waals surface area contributed by atoms with E-state index in [2.05, 4.69) is 15.9 Å². The molecule has 0 spiro atoms. The van der Waals surface area contributed by atoms with Crippen LogP contribution in [-0.2, 0) is 6.42 Å². The highest BCUT2D eigenvalue weighted by atomic mass is 79.9. The summed E-state index contributed by atoms with van der Waals surface area (Å²) >= 11 is 9.02. The van der Waals surface area contributed by atoms with E-state index in [0.717, 1.165) is 12.1 Å². The van der Waals surface area contributed by atoms with Crippen LogP contribution in [0.2, 0.25) is 5.02 Å². The lowest BCUT2D eigenvalue weighted by molar-refractivity contribution is 0.0990. The van der Waals surface area contributed by atoms with E-state index in [1.165, 1.54) is 12.1 Å². The molecule has 98 valence electrons. The third-order valence-electron chi connectivity index (χ3n) is 2.63. The van der Waals surface area contributed by atoms with Gasteiger partial charge in [0.15, 0.2) is 5.78 Å². The largest absolute Gasteiger partial charge is 0.294 e. The summed E-state index contributed by atoms with van der Waals surface area (Å²) in [6.07, 6.45) is -0.350. The monoisotopic (exact) mass is 344 g/mol. The Morgan fingerprint density at radius 2 is 1.79 bits per heavy atom. The molecule has 0 aliphatic carbocycles. The van der Waals surface area contributed by atoms with Gasteiger partial charge in [-0.3, -0.25) is 4.79 Å². The van der Waals surface area contributed by atoms with Gasteiger partial charge in [-0.2, -0.15) is 0 Å². The molecule has 2 aromatic carbocycles. The van der Waals surface area contributed by atoms with Crippen molar-refractivity contribution >= 4 is 33.3 Å². The van der Waals surface area contributed by atoms with E-state index in [1.807, 2.05) is 0 Å². The van der Waals surface area contributed by atoms with Crippen LogP contribution in [0.1, 0.15) is 15.9 Å². The summed E-state index contributed by atoms with van der Waals surface area (Å²) in [6.45, 7) is 0. The number of rotatable bonds is 3. The number of Topliss-reactive ketones (excluding diaryl/α,β-unsaturated/α-hetero) is 1. The normalized spacial score (nSPS) is 10.5. The van der Waals surface area contributed by atoms with Gasteiger partial charge in [0.1, 0.15) is 11.6 Å². The summed E-state index contributed by atoms with van der Waals surface area (Å²) in [5, 5.41) is 0.389. The zero-order chi connectivity index (χ0) is 14.0. The van der Waals surface area contributed by atoms with Crippen LogP contribution < -0.4 is 0 Å². The van der Waals surface area contributed by atoms with Gasteiger partial charge >= 0.3 is 0 Å². The molecule has 0 fully saturated rings. The second-order valence-electron chi connectivity index (χ2n) is 3.92. The Labute approximate surface area is 122 Å². The molecule has 0 saturated carbocycles.